The molecule has 0 saturated heterocycles. The van der Waals surface area contributed by atoms with Crippen LogP contribution in [0, 0.1) is 0 Å². The second kappa shape index (κ2) is 5.45. The van der Waals surface area contributed by atoms with Crippen LogP contribution in [0.3, 0.4) is 0 Å². The molecule has 1 heterocycles. The first kappa shape index (κ1) is 12.3. The van der Waals surface area contributed by atoms with Crippen molar-refractivity contribution in [2.24, 2.45) is 0 Å². The van der Waals surface area contributed by atoms with Gasteiger partial charge in [-0.3, -0.25) is 0 Å². The van der Waals surface area contributed by atoms with Gasteiger partial charge >= 0.3 is 0 Å². The monoisotopic (exact) mass is 240 g/mol. The molecule has 0 spiro atoms. The smallest absolute Gasteiger partial charge is 0.251 e. The quantitative estimate of drug-likeness (QED) is 0.851. The minimum Gasteiger partial charge on any atom is -0.384 e. The molecular formula is C13H18F2N2. The van der Waals surface area contributed by atoms with Crippen LogP contribution in [0.5, 0.6) is 0 Å². The van der Waals surface area contributed by atoms with Gasteiger partial charge < -0.3 is 10.2 Å². The van der Waals surface area contributed by atoms with Gasteiger partial charge in [0.2, 0.25) is 0 Å². The second-order valence-electron chi connectivity index (χ2n) is 4.61. The Morgan fingerprint density at radius 2 is 2.18 bits per heavy atom. The van der Waals surface area contributed by atoms with Crippen LogP contribution in [0.1, 0.15) is 17.9 Å². The summed E-state index contributed by atoms with van der Waals surface area (Å²) in [5.74, 6) is 0.450. The summed E-state index contributed by atoms with van der Waals surface area (Å²) in [5, 5.41) is 3.35. The number of nitrogens with one attached hydrogen (secondary N) is 1. The van der Waals surface area contributed by atoms with Crippen LogP contribution in [0.25, 0.3) is 0 Å². The summed E-state index contributed by atoms with van der Waals surface area (Å²) in [5.41, 5.74) is 2.51. The van der Waals surface area contributed by atoms with Gasteiger partial charge in [0.05, 0.1) is 6.54 Å². The molecule has 4 heteroatoms. The maximum absolute atomic E-state index is 12.2. The first-order valence-corrected chi connectivity index (χ1v) is 5.96. The molecule has 0 bridgehead atoms. The van der Waals surface area contributed by atoms with Crippen molar-refractivity contribution in [3.05, 3.63) is 29.8 Å². The first-order valence-electron chi connectivity index (χ1n) is 5.96. The zero-order chi connectivity index (χ0) is 12.3. The van der Waals surface area contributed by atoms with Gasteiger partial charge in [0.25, 0.3) is 6.43 Å². The number of hydrogen-bond donors (Lipinski definition) is 1. The highest BCUT2D eigenvalue weighted by Gasteiger charge is 2.21. The summed E-state index contributed by atoms with van der Waals surface area (Å²) in [4.78, 5) is 1.70. The molecule has 1 atom stereocenters. The Bertz CT molecular complexity index is 368. The summed E-state index contributed by atoms with van der Waals surface area (Å²) in [6.07, 6.45) is -1.32. The van der Waals surface area contributed by atoms with Crippen molar-refractivity contribution in [3.8, 4) is 0 Å². The fourth-order valence-corrected chi connectivity index (χ4v) is 2.32. The highest BCUT2D eigenvalue weighted by molar-refractivity contribution is 5.57. The van der Waals surface area contributed by atoms with Crippen molar-refractivity contribution in [3.63, 3.8) is 0 Å². The van der Waals surface area contributed by atoms with Crippen molar-refractivity contribution in [1.82, 2.24) is 4.90 Å². The Morgan fingerprint density at radius 3 is 2.94 bits per heavy atom. The van der Waals surface area contributed by atoms with Crippen LogP contribution in [0.2, 0.25) is 0 Å². The molecule has 1 unspecified atom stereocenters. The van der Waals surface area contributed by atoms with Gasteiger partial charge in [-0.15, -0.1) is 0 Å². The number of nitrogens with zero attached hydrogens (tertiary/aromatic N) is 1. The van der Waals surface area contributed by atoms with Crippen LogP contribution in [-0.2, 0) is 0 Å². The van der Waals surface area contributed by atoms with Crippen molar-refractivity contribution < 1.29 is 8.78 Å². The average Bonchev–Trinajstić information content (AvgIpc) is 2.69. The normalized spacial score (nSPS) is 18.5. The molecule has 0 amide bonds. The Labute approximate surface area is 101 Å². The SMILES string of the molecule is CN(CCC1CNc2ccccc21)CC(F)F. The Hall–Kier alpha value is -1.16. The van der Waals surface area contributed by atoms with Crippen molar-refractivity contribution >= 4 is 5.69 Å². The molecule has 1 aromatic carbocycles. The minimum absolute atomic E-state index is 0.137. The zero-order valence-corrected chi connectivity index (χ0v) is 10.00. The third-order valence-corrected chi connectivity index (χ3v) is 3.25. The third kappa shape index (κ3) is 3.16. The van der Waals surface area contributed by atoms with E-state index in [0.29, 0.717) is 12.5 Å². The maximum atomic E-state index is 12.2. The highest BCUT2D eigenvalue weighted by atomic mass is 19.3. The predicted molar refractivity (Wildman–Crippen MR) is 65.8 cm³/mol. The molecule has 1 aliphatic heterocycles. The lowest BCUT2D eigenvalue weighted by atomic mass is 9.98. The number of benzene rings is 1. The molecule has 0 saturated carbocycles. The van der Waals surface area contributed by atoms with Crippen molar-refractivity contribution in [1.29, 1.82) is 0 Å². The van der Waals surface area contributed by atoms with E-state index in [4.69, 9.17) is 0 Å². The molecule has 0 aromatic heterocycles. The number of fused-ring (bicyclic) bond motifs is 1. The summed E-state index contributed by atoms with van der Waals surface area (Å²) in [6, 6.07) is 8.23. The van der Waals surface area contributed by atoms with Crippen molar-refractivity contribution in [2.75, 3.05) is 32.0 Å². The van der Waals surface area contributed by atoms with Gasteiger partial charge in [-0.05, 0) is 31.6 Å². The summed E-state index contributed by atoms with van der Waals surface area (Å²) < 4.78 is 24.3. The van der Waals surface area contributed by atoms with Crippen LogP contribution in [-0.4, -0.2) is 38.0 Å². The van der Waals surface area contributed by atoms with Gasteiger partial charge in [-0.1, -0.05) is 18.2 Å². The molecule has 0 aliphatic carbocycles. The lowest BCUT2D eigenvalue weighted by Gasteiger charge is -2.18. The molecule has 94 valence electrons. The molecule has 1 aromatic rings. The van der Waals surface area contributed by atoms with Gasteiger partial charge in [0, 0.05) is 18.2 Å². The topological polar surface area (TPSA) is 15.3 Å². The van der Waals surface area contributed by atoms with E-state index in [1.807, 2.05) is 12.1 Å². The van der Waals surface area contributed by atoms with Crippen LogP contribution in [0.4, 0.5) is 14.5 Å². The van der Waals surface area contributed by atoms with Crippen LogP contribution in [0.15, 0.2) is 24.3 Å². The van der Waals surface area contributed by atoms with Crippen LogP contribution >= 0.6 is 0 Å². The van der Waals surface area contributed by atoms with E-state index in [1.54, 1.807) is 11.9 Å². The number of rotatable bonds is 5. The largest absolute Gasteiger partial charge is 0.384 e. The third-order valence-electron chi connectivity index (χ3n) is 3.25. The van der Waals surface area contributed by atoms with Gasteiger partial charge in [0.15, 0.2) is 0 Å². The van der Waals surface area contributed by atoms with E-state index in [9.17, 15) is 8.78 Å². The first-order chi connectivity index (χ1) is 8.16. The predicted octanol–water partition coefficient (Wildman–Crippen LogP) is 2.78. The zero-order valence-electron chi connectivity index (χ0n) is 10.00. The van der Waals surface area contributed by atoms with E-state index in [2.05, 4.69) is 17.4 Å². The number of para-hydroxylation sites is 1. The van der Waals surface area contributed by atoms with E-state index < -0.39 is 6.43 Å². The number of anilines is 1. The molecule has 1 N–H and O–H groups in total. The molecule has 0 radical (unpaired) electrons. The fraction of sp³-hybridized carbons (Fsp3) is 0.538. The Balaban J connectivity index is 1.85. The number of halogens is 2. The summed E-state index contributed by atoms with van der Waals surface area (Å²) >= 11 is 0. The minimum atomic E-state index is -2.24. The van der Waals surface area contributed by atoms with Gasteiger partial charge in [-0.2, -0.15) is 0 Å². The van der Waals surface area contributed by atoms with E-state index in [0.717, 1.165) is 13.0 Å². The van der Waals surface area contributed by atoms with E-state index >= 15 is 0 Å². The Kier molecular flexibility index (Phi) is 3.94. The molecule has 0 fully saturated rings. The van der Waals surface area contributed by atoms with Crippen LogP contribution < -0.4 is 5.32 Å². The molecule has 17 heavy (non-hydrogen) atoms. The lowest BCUT2D eigenvalue weighted by molar-refractivity contribution is 0.0992. The molecule has 1 aliphatic rings. The Morgan fingerprint density at radius 1 is 1.41 bits per heavy atom. The van der Waals surface area contributed by atoms with E-state index in [-0.39, 0.29) is 6.54 Å². The van der Waals surface area contributed by atoms with E-state index in [1.165, 1.54) is 11.3 Å². The lowest BCUT2D eigenvalue weighted by Crippen LogP contribution is -2.27. The molecule has 2 nitrogen and oxygen atoms in total. The fourth-order valence-electron chi connectivity index (χ4n) is 2.32. The summed E-state index contributed by atoms with van der Waals surface area (Å²) in [7, 11) is 1.75. The van der Waals surface area contributed by atoms with Crippen molar-refractivity contribution in [2.45, 2.75) is 18.8 Å². The number of hydrogen-bond acceptors (Lipinski definition) is 2. The van der Waals surface area contributed by atoms with Gasteiger partial charge in [-0.25, -0.2) is 8.78 Å². The maximum Gasteiger partial charge on any atom is 0.251 e. The average molecular weight is 240 g/mol. The molecular weight excluding hydrogens is 222 g/mol. The second-order valence-corrected chi connectivity index (χ2v) is 4.61. The molecule has 2 rings (SSSR count). The standard InChI is InChI=1S/C13H18F2N2/c1-17(9-13(14)15)7-6-10-8-16-12-5-3-2-4-11(10)12/h2-5,10,13,16H,6-9H2,1H3. The number of alkyl halides is 2. The summed E-state index contributed by atoms with van der Waals surface area (Å²) in [6.45, 7) is 1.49. The highest BCUT2D eigenvalue weighted by Crippen LogP contribution is 2.33. The van der Waals surface area contributed by atoms with Gasteiger partial charge in [0.1, 0.15) is 0 Å².